The summed E-state index contributed by atoms with van der Waals surface area (Å²) in [4.78, 5) is 6.19. The zero-order valence-corrected chi connectivity index (χ0v) is 20.1. The first-order chi connectivity index (χ1) is 16.4. The standard InChI is InChI=1S/C29H33N5/c1-7-12-21(2)26-14-10-15-27(19-26)31-24(5)32-33-25(6)34(28-16-11-18-30-20-28)23(4)29-17-9-8-13-22(29)3/h8-11,13-20,31-33H,2,4-7,12H2,1,3H3. The van der Waals surface area contributed by atoms with E-state index in [1.807, 2.05) is 47.4 Å². The molecule has 0 spiro atoms. The van der Waals surface area contributed by atoms with Crippen molar-refractivity contribution in [3.63, 3.8) is 0 Å². The maximum absolute atomic E-state index is 4.34. The van der Waals surface area contributed by atoms with Crippen LogP contribution in [0.15, 0.2) is 111 Å². The number of anilines is 2. The average molecular weight is 452 g/mol. The Morgan fingerprint density at radius 2 is 1.74 bits per heavy atom. The maximum Gasteiger partial charge on any atom is 0.122 e. The van der Waals surface area contributed by atoms with E-state index in [1.165, 1.54) is 0 Å². The smallest absolute Gasteiger partial charge is 0.122 e. The molecule has 0 fully saturated rings. The SMILES string of the molecule is C=C(NNC(=C)N(C(=C)c1ccccc1C)c1cccnc1)Nc1cccc(C(=C)CCC)c1. The van der Waals surface area contributed by atoms with E-state index in [9.17, 15) is 0 Å². The lowest BCUT2D eigenvalue weighted by atomic mass is 10.0. The molecule has 174 valence electrons. The van der Waals surface area contributed by atoms with Crippen molar-refractivity contribution in [2.24, 2.45) is 0 Å². The largest absolute Gasteiger partial charge is 0.341 e. The second-order valence-corrected chi connectivity index (χ2v) is 8.04. The van der Waals surface area contributed by atoms with E-state index in [-0.39, 0.29) is 0 Å². The summed E-state index contributed by atoms with van der Waals surface area (Å²) < 4.78 is 0. The van der Waals surface area contributed by atoms with Crippen LogP contribution in [-0.4, -0.2) is 4.98 Å². The van der Waals surface area contributed by atoms with E-state index in [0.717, 1.165) is 52.2 Å². The highest BCUT2D eigenvalue weighted by Gasteiger charge is 2.17. The van der Waals surface area contributed by atoms with Crippen LogP contribution in [0.2, 0.25) is 0 Å². The first kappa shape index (κ1) is 24.4. The van der Waals surface area contributed by atoms with E-state index in [0.29, 0.717) is 11.6 Å². The van der Waals surface area contributed by atoms with E-state index < -0.39 is 0 Å². The Kier molecular flexibility index (Phi) is 8.30. The van der Waals surface area contributed by atoms with Gasteiger partial charge in [0.25, 0.3) is 0 Å². The van der Waals surface area contributed by atoms with E-state index in [4.69, 9.17) is 0 Å². The molecule has 3 N–H and O–H groups in total. The number of hydrogen-bond donors (Lipinski definition) is 3. The molecule has 0 unspecified atom stereocenters. The number of aromatic nitrogens is 1. The van der Waals surface area contributed by atoms with Gasteiger partial charge in [0.2, 0.25) is 0 Å². The van der Waals surface area contributed by atoms with Crippen LogP contribution in [-0.2, 0) is 0 Å². The van der Waals surface area contributed by atoms with E-state index in [2.05, 4.69) is 79.5 Å². The van der Waals surface area contributed by atoms with Gasteiger partial charge in [0, 0.05) is 23.1 Å². The molecule has 0 bridgehead atoms. The van der Waals surface area contributed by atoms with Crippen molar-refractivity contribution in [1.82, 2.24) is 15.8 Å². The normalized spacial score (nSPS) is 10.2. The van der Waals surface area contributed by atoms with Gasteiger partial charge in [0.05, 0.1) is 11.9 Å². The topological polar surface area (TPSA) is 52.2 Å². The highest BCUT2D eigenvalue weighted by molar-refractivity contribution is 5.82. The van der Waals surface area contributed by atoms with Gasteiger partial charge in [-0.15, -0.1) is 0 Å². The van der Waals surface area contributed by atoms with Gasteiger partial charge >= 0.3 is 0 Å². The molecule has 0 aliphatic carbocycles. The summed E-state index contributed by atoms with van der Waals surface area (Å²) in [5, 5.41) is 3.28. The van der Waals surface area contributed by atoms with E-state index in [1.54, 1.807) is 12.4 Å². The predicted octanol–water partition coefficient (Wildman–Crippen LogP) is 6.83. The predicted molar refractivity (Wildman–Crippen MR) is 145 cm³/mol. The molecule has 0 saturated carbocycles. The quantitative estimate of drug-likeness (QED) is 0.264. The highest BCUT2D eigenvalue weighted by Crippen LogP contribution is 2.29. The Labute approximate surface area is 203 Å². The summed E-state index contributed by atoms with van der Waals surface area (Å²) in [6, 6.07) is 20.1. The first-order valence-electron chi connectivity index (χ1n) is 11.3. The van der Waals surface area contributed by atoms with Gasteiger partial charge in [-0.1, -0.05) is 76.1 Å². The minimum absolute atomic E-state index is 0.576. The fraction of sp³-hybridized carbons (Fsp3) is 0.138. The van der Waals surface area contributed by atoms with Crippen molar-refractivity contribution >= 4 is 22.6 Å². The van der Waals surface area contributed by atoms with Crippen molar-refractivity contribution in [1.29, 1.82) is 0 Å². The van der Waals surface area contributed by atoms with Crippen LogP contribution < -0.4 is 21.1 Å². The monoisotopic (exact) mass is 451 g/mol. The number of aryl methyl sites for hydroxylation is 1. The lowest BCUT2D eigenvalue weighted by Gasteiger charge is -2.30. The zero-order chi connectivity index (χ0) is 24.5. The summed E-state index contributed by atoms with van der Waals surface area (Å²) in [6.07, 6.45) is 5.55. The minimum atomic E-state index is 0.576. The van der Waals surface area contributed by atoms with Gasteiger partial charge in [-0.25, -0.2) is 0 Å². The number of pyridine rings is 1. The number of hydrogen-bond acceptors (Lipinski definition) is 5. The summed E-state index contributed by atoms with van der Waals surface area (Å²) in [5.41, 5.74) is 13.2. The highest BCUT2D eigenvalue weighted by atomic mass is 15.5. The number of rotatable bonds is 12. The Hall–Kier alpha value is -4.25. The molecule has 0 amide bonds. The average Bonchev–Trinajstić information content (AvgIpc) is 2.84. The molecule has 5 heteroatoms. The molecule has 0 aliphatic rings. The number of benzene rings is 2. The van der Waals surface area contributed by atoms with Crippen LogP contribution in [0.4, 0.5) is 11.4 Å². The minimum Gasteiger partial charge on any atom is -0.341 e. The lowest BCUT2D eigenvalue weighted by Crippen LogP contribution is -2.39. The van der Waals surface area contributed by atoms with Crippen molar-refractivity contribution < 1.29 is 0 Å². The van der Waals surface area contributed by atoms with Gasteiger partial charge in [0.15, 0.2) is 0 Å². The molecule has 2 aromatic carbocycles. The third-order valence-corrected chi connectivity index (χ3v) is 5.38. The Morgan fingerprint density at radius 1 is 0.941 bits per heavy atom. The zero-order valence-electron chi connectivity index (χ0n) is 20.1. The Morgan fingerprint density at radius 3 is 2.44 bits per heavy atom. The van der Waals surface area contributed by atoms with Crippen LogP contribution in [0.1, 0.15) is 36.5 Å². The summed E-state index contributed by atoms with van der Waals surface area (Å²) in [6.45, 7) is 21.0. The number of nitrogens with zero attached hydrogens (tertiary/aromatic N) is 2. The van der Waals surface area contributed by atoms with Crippen molar-refractivity contribution in [2.75, 3.05) is 10.2 Å². The molecule has 0 radical (unpaired) electrons. The van der Waals surface area contributed by atoms with Crippen molar-refractivity contribution in [3.05, 3.63) is 128 Å². The molecule has 1 aromatic heterocycles. The fourth-order valence-corrected chi connectivity index (χ4v) is 3.65. The third kappa shape index (κ3) is 6.17. The van der Waals surface area contributed by atoms with Crippen LogP contribution >= 0.6 is 0 Å². The Balaban J connectivity index is 1.71. The first-order valence-corrected chi connectivity index (χ1v) is 11.3. The molecule has 0 atom stereocenters. The molecular weight excluding hydrogens is 418 g/mol. The second-order valence-electron chi connectivity index (χ2n) is 8.04. The second kappa shape index (κ2) is 11.6. The van der Waals surface area contributed by atoms with Gasteiger partial charge in [0.1, 0.15) is 11.6 Å². The number of hydrazine groups is 1. The summed E-state index contributed by atoms with van der Waals surface area (Å²) in [7, 11) is 0. The molecule has 5 nitrogen and oxygen atoms in total. The van der Waals surface area contributed by atoms with Gasteiger partial charge in [-0.2, -0.15) is 0 Å². The molecule has 3 rings (SSSR count). The third-order valence-electron chi connectivity index (χ3n) is 5.38. The number of allylic oxidation sites excluding steroid dienone is 1. The van der Waals surface area contributed by atoms with Gasteiger partial charge in [-0.3, -0.25) is 20.7 Å². The maximum atomic E-state index is 4.34. The van der Waals surface area contributed by atoms with Crippen LogP contribution in [0.5, 0.6) is 0 Å². The van der Waals surface area contributed by atoms with E-state index >= 15 is 0 Å². The van der Waals surface area contributed by atoms with Gasteiger partial charge in [-0.05, 0) is 54.3 Å². The lowest BCUT2D eigenvalue weighted by molar-refractivity contribution is 0.685. The molecule has 0 saturated heterocycles. The molecule has 3 aromatic rings. The van der Waals surface area contributed by atoms with Crippen molar-refractivity contribution in [2.45, 2.75) is 26.7 Å². The summed E-state index contributed by atoms with van der Waals surface area (Å²) >= 11 is 0. The van der Waals surface area contributed by atoms with Crippen LogP contribution in [0.3, 0.4) is 0 Å². The van der Waals surface area contributed by atoms with Gasteiger partial charge < -0.3 is 5.32 Å². The number of nitrogens with one attached hydrogen (secondary N) is 3. The fourth-order valence-electron chi connectivity index (χ4n) is 3.65. The summed E-state index contributed by atoms with van der Waals surface area (Å²) in [5.74, 6) is 1.15. The Bertz CT molecular complexity index is 1180. The molecule has 0 aliphatic heterocycles. The van der Waals surface area contributed by atoms with Crippen molar-refractivity contribution in [3.8, 4) is 0 Å². The molecule has 1 heterocycles. The molecule has 34 heavy (non-hydrogen) atoms. The van der Waals surface area contributed by atoms with Crippen LogP contribution in [0, 0.1) is 6.92 Å². The molecular formula is C29H33N5. The van der Waals surface area contributed by atoms with Crippen LogP contribution in [0.25, 0.3) is 11.3 Å².